The molecule has 2 aromatic rings. The average Bonchev–Trinajstić information content (AvgIpc) is 2.67. The van der Waals surface area contributed by atoms with Crippen LogP contribution in [0.1, 0.15) is 26.7 Å². The van der Waals surface area contributed by atoms with Crippen LogP contribution in [0.5, 0.6) is 5.75 Å². The Morgan fingerprint density at radius 1 is 1.10 bits per heavy atom. The largest absolute Gasteiger partial charge is 0.492 e. The third-order valence-electron chi connectivity index (χ3n) is 4.06. The minimum absolute atomic E-state index is 0.138. The van der Waals surface area contributed by atoms with Gasteiger partial charge in [0, 0.05) is 17.9 Å². The van der Waals surface area contributed by atoms with Crippen LogP contribution in [0.25, 0.3) is 0 Å². The van der Waals surface area contributed by atoms with Crippen molar-refractivity contribution in [1.29, 1.82) is 0 Å². The molecule has 0 bridgehead atoms. The highest BCUT2D eigenvalue weighted by Gasteiger charge is 2.21. The molecule has 1 amide bonds. The van der Waals surface area contributed by atoms with Gasteiger partial charge < -0.3 is 10.1 Å². The molecule has 29 heavy (non-hydrogen) atoms. The summed E-state index contributed by atoms with van der Waals surface area (Å²) in [4.78, 5) is 13.4. The van der Waals surface area contributed by atoms with Crippen molar-refractivity contribution in [2.45, 2.75) is 31.6 Å². The van der Waals surface area contributed by atoms with Crippen molar-refractivity contribution in [2.24, 2.45) is 0 Å². The highest BCUT2D eigenvalue weighted by Crippen LogP contribution is 2.30. The van der Waals surface area contributed by atoms with Crippen molar-refractivity contribution in [3.05, 3.63) is 48.5 Å². The molecule has 2 rings (SSSR count). The van der Waals surface area contributed by atoms with Gasteiger partial charge in [0.05, 0.1) is 24.2 Å². The molecule has 6 nitrogen and oxygen atoms in total. The second kappa shape index (κ2) is 11.1. The molecule has 0 aliphatic carbocycles. The molecule has 0 unspecified atom stereocenters. The normalized spacial score (nSPS) is 11.1. The van der Waals surface area contributed by atoms with Crippen LogP contribution in [-0.4, -0.2) is 39.5 Å². The molecule has 1 N–H and O–H groups in total. The van der Waals surface area contributed by atoms with Crippen LogP contribution in [0.15, 0.2) is 53.4 Å². The van der Waals surface area contributed by atoms with Gasteiger partial charge in [0.2, 0.25) is 15.9 Å². The molecular weight excluding hydrogens is 408 g/mol. The van der Waals surface area contributed by atoms with E-state index in [0.29, 0.717) is 24.5 Å². The Morgan fingerprint density at radius 3 is 2.48 bits per heavy atom. The van der Waals surface area contributed by atoms with E-state index >= 15 is 0 Å². The summed E-state index contributed by atoms with van der Waals surface area (Å²) >= 11 is 1.66. The summed E-state index contributed by atoms with van der Waals surface area (Å²) in [7, 11) is -3.51. The predicted molar refractivity (Wildman–Crippen MR) is 121 cm³/mol. The maximum absolute atomic E-state index is 12.4. The molecule has 0 aliphatic rings. The Hall–Kier alpha value is -2.19. The Balaban J connectivity index is 2.04. The van der Waals surface area contributed by atoms with E-state index in [4.69, 9.17) is 4.74 Å². The van der Waals surface area contributed by atoms with E-state index < -0.39 is 10.0 Å². The van der Waals surface area contributed by atoms with Crippen LogP contribution in [0.3, 0.4) is 0 Å². The van der Waals surface area contributed by atoms with E-state index in [2.05, 4.69) is 12.2 Å². The molecule has 0 heterocycles. The molecule has 0 saturated heterocycles. The van der Waals surface area contributed by atoms with E-state index in [1.54, 1.807) is 36.0 Å². The van der Waals surface area contributed by atoms with Gasteiger partial charge >= 0.3 is 0 Å². The zero-order chi connectivity index (χ0) is 21.3. The third kappa shape index (κ3) is 6.97. The molecule has 2 aromatic carbocycles. The lowest BCUT2D eigenvalue weighted by molar-refractivity contribution is -0.116. The number of para-hydroxylation sites is 3. The zero-order valence-corrected chi connectivity index (χ0v) is 18.7. The molecule has 0 aliphatic heterocycles. The molecule has 0 radical (unpaired) electrons. The predicted octanol–water partition coefficient (Wildman–Crippen LogP) is 4.38. The monoisotopic (exact) mass is 436 g/mol. The van der Waals surface area contributed by atoms with Crippen molar-refractivity contribution in [3.63, 3.8) is 0 Å². The number of anilines is 2. The maximum Gasteiger partial charge on any atom is 0.232 e. The number of hydrogen-bond donors (Lipinski definition) is 1. The lowest BCUT2D eigenvalue weighted by Gasteiger charge is -2.24. The summed E-state index contributed by atoms with van der Waals surface area (Å²) in [6.45, 7) is 4.54. The number of carbonyl (C=O) groups is 1. The van der Waals surface area contributed by atoms with Crippen LogP contribution in [0, 0.1) is 0 Å². The van der Waals surface area contributed by atoms with Gasteiger partial charge in [0.1, 0.15) is 5.75 Å². The Kier molecular flexibility index (Phi) is 8.85. The first-order chi connectivity index (χ1) is 13.9. The van der Waals surface area contributed by atoms with Crippen molar-refractivity contribution in [2.75, 3.05) is 34.8 Å². The lowest BCUT2D eigenvalue weighted by Crippen LogP contribution is -2.32. The van der Waals surface area contributed by atoms with Gasteiger partial charge in [0.25, 0.3) is 0 Å². The van der Waals surface area contributed by atoms with Crippen molar-refractivity contribution in [1.82, 2.24) is 0 Å². The number of sulfonamides is 1. The smallest absolute Gasteiger partial charge is 0.232 e. The SMILES string of the molecule is CCOc1ccccc1N(CCCC(=O)Nc1ccccc1SCC)S(C)(=O)=O. The zero-order valence-electron chi connectivity index (χ0n) is 17.1. The average molecular weight is 437 g/mol. The van der Waals surface area contributed by atoms with Gasteiger partial charge in [-0.1, -0.05) is 31.2 Å². The first-order valence-corrected chi connectivity index (χ1v) is 12.4. The first kappa shape index (κ1) is 23.1. The van der Waals surface area contributed by atoms with Gasteiger partial charge in [-0.3, -0.25) is 9.10 Å². The summed E-state index contributed by atoms with van der Waals surface area (Å²) < 4.78 is 31.5. The number of carbonyl (C=O) groups excluding carboxylic acids is 1. The highest BCUT2D eigenvalue weighted by molar-refractivity contribution is 7.99. The second-order valence-corrected chi connectivity index (χ2v) is 9.53. The summed E-state index contributed by atoms with van der Waals surface area (Å²) in [6, 6.07) is 14.7. The fraction of sp³-hybridized carbons (Fsp3) is 0.381. The standard InChI is InChI=1S/C21H28N2O4S2/c1-4-27-19-13-8-7-12-18(19)23(29(3,25)26)16-10-15-21(24)22-17-11-6-9-14-20(17)28-5-2/h6-9,11-14H,4-5,10,15-16H2,1-3H3,(H,22,24). The van der Waals surface area contributed by atoms with Crippen molar-refractivity contribution >= 4 is 39.1 Å². The number of hydrogen-bond acceptors (Lipinski definition) is 5. The summed E-state index contributed by atoms with van der Waals surface area (Å²) in [6.07, 6.45) is 1.77. The number of rotatable bonds is 11. The maximum atomic E-state index is 12.4. The molecular formula is C21H28N2O4S2. The Morgan fingerprint density at radius 2 is 1.79 bits per heavy atom. The van der Waals surface area contributed by atoms with Crippen LogP contribution in [0.4, 0.5) is 11.4 Å². The van der Waals surface area contributed by atoms with E-state index in [9.17, 15) is 13.2 Å². The van der Waals surface area contributed by atoms with E-state index in [1.165, 1.54) is 4.31 Å². The van der Waals surface area contributed by atoms with Gasteiger partial charge in [-0.05, 0) is 43.4 Å². The number of nitrogens with one attached hydrogen (secondary N) is 1. The summed E-state index contributed by atoms with van der Waals surface area (Å²) in [5.74, 6) is 1.28. The first-order valence-electron chi connectivity index (χ1n) is 9.58. The minimum atomic E-state index is -3.51. The van der Waals surface area contributed by atoms with Crippen LogP contribution in [-0.2, 0) is 14.8 Å². The Bertz CT molecular complexity index is 916. The van der Waals surface area contributed by atoms with Crippen LogP contribution >= 0.6 is 11.8 Å². The second-order valence-electron chi connectivity index (χ2n) is 6.32. The minimum Gasteiger partial charge on any atom is -0.492 e. The number of thioether (sulfide) groups is 1. The third-order valence-corrected chi connectivity index (χ3v) is 6.20. The van der Waals surface area contributed by atoms with Gasteiger partial charge in [0.15, 0.2) is 0 Å². The summed E-state index contributed by atoms with van der Waals surface area (Å²) in [5.41, 5.74) is 1.27. The highest BCUT2D eigenvalue weighted by atomic mass is 32.2. The topological polar surface area (TPSA) is 75.7 Å². The van der Waals surface area contributed by atoms with Gasteiger partial charge in [-0.25, -0.2) is 8.42 Å². The molecule has 158 valence electrons. The number of benzene rings is 2. The molecule has 0 saturated carbocycles. The van der Waals surface area contributed by atoms with Crippen LogP contribution < -0.4 is 14.4 Å². The van der Waals surface area contributed by atoms with E-state index in [1.807, 2.05) is 31.2 Å². The molecule has 8 heteroatoms. The fourth-order valence-corrected chi connectivity index (χ4v) is 4.58. The van der Waals surface area contributed by atoms with Crippen molar-refractivity contribution < 1.29 is 17.9 Å². The molecule has 0 aromatic heterocycles. The lowest BCUT2D eigenvalue weighted by atomic mass is 10.2. The van der Waals surface area contributed by atoms with E-state index in [0.717, 1.165) is 22.6 Å². The Labute approximate surface area is 177 Å². The fourth-order valence-electron chi connectivity index (χ4n) is 2.85. The number of amides is 1. The van der Waals surface area contributed by atoms with Gasteiger partial charge in [-0.15, -0.1) is 11.8 Å². The molecule has 0 fully saturated rings. The summed E-state index contributed by atoms with van der Waals surface area (Å²) in [5, 5.41) is 2.93. The van der Waals surface area contributed by atoms with Crippen LogP contribution in [0.2, 0.25) is 0 Å². The number of nitrogens with zero attached hydrogens (tertiary/aromatic N) is 1. The quantitative estimate of drug-likeness (QED) is 0.529. The molecule has 0 spiro atoms. The van der Waals surface area contributed by atoms with Gasteiger partial charge in [-0.2, -0.15) is 0 Å². The van der Waals surface area contributed by atoms with E-state index in [-0.39, 0.29) is 18.9 Å². The number of ether oxygens (including phenoxy) is 1. The van der Waals surface area contributed by atoms with Crippen molar-refractivity contribution in [3.8, 4) is 5.75 Å². The molecule has 0 atom stereocenters.